The zero-order valence-electron chi connectivity index (χ0n) is 10.6. The maximum absolute atomic E-state index is 5.84. The summed E-state index contributed by atoms with van der Waals surface area (Å²) in [7, 11) is 1.69. The van der Waals surface area contributed by atoms with E-state index in [1.807, 2.05) is 6.07 Å². The van der Waals surface area contributed by atoms with Gasteiger partial charge in [-0.3, -0.25) is 4.98 Å². The Hall–Kier alpha value is -1.81. The Bertz CT molecular complexity index is 603. The Morgan fingerprint density at radius 2 is 2.26 bits per heavy atom. The molecule has 2 aromatic rings. The van der Waals surface area contributed by atoms with Crippen LogP contribution in [-0.2, 0) is 6.42 Å². The summed E-state index contributed by atoms with van der Waals surface area (Å²) in [5, 5.41) is 3.78. The highest BCUT2D eigenvalue weighted by atomic mass is 35.5. The van der Waals surface area contributed by atoms with Crippen molar-refractivity contribution in [2.24, 2.45) is 0 Å². The second-order valence-corrected chi connectivity index (χ2v) is 4.91. The molecule has 98 valence electrons. The van der Waals surface area contributed by atoms with E-state index in [0.717, 1.165) is 18.6 Å². The van der Waals surface area contributed by atoms with Crippen molar-refractivity contribution in [1.29, 1.82) is 0 Å². The van der Waals surface area contributed by atoms with Gasteiger partial charge < -0.3 is 10.1 Å². The lowest BCUT2D eigenvalue weighted by Crippen LogP contribution is -2.08. The van der Waals surface area contributed by atoms with Gasteiger partial charge in [0.25, 0.3) is 0 Å². The van der Waals surface area contributed by atoms with E-state index in [1.165, 1.54) is 17.3 Å². The molecule has 1 aliphatic rings. The number of halogens is 1. The third kappa shape index (κ3) is 2.49. The van der Waals surface area contributed by atoms with E-state index in [1.54, 1.807) is 13.3 Å². The summed E-state index contributed by atoms with van der Waals surface area (Å²) in [6.45, 7) is 0. The van der Waals surface area contributed by atoms with Crippen LogP contribution in [0.5, 0.6) is 5.75 Å². The molecule has 19 heavy (non-hydrogen) atoms. The predicted octanol–water partition coefficient (Wildman–Crippen LogP) is 3.24. The number of anilines is 1. The smallest absolute Gasteiger partial charge is 0.149 e. The Kier molecular flexibility index (Phi) is 3.25. The van der Waals surface area contributed by atoms with Gasteiger partial charge in [0.05, 0.1) is 25.5 Å². The molecule has 1 N–H and O–H groups in total. The standard InChI is InChI=1S/C14H14ClN3O/c1-19-10-3-4-11-9(6-10)2-5-12(11)17-14-8-16-7-13(15)18-14/h3-4,6-8,12H,2,5H2,1H3,(H,17,18)/t12-/m1/s1. The van der Waals surface area contributed by atoms with Gasteiger partial charge in [0.1, 0.15) is 16.7 Å². The lowest BCUT2D eigenvalue weighted by Gasteiger charge is -2.14. The Morgan fingerprint density at radius 3 is 3.05 bits per heavy atom. The third-order valence-corrected chi connectivity index (χ3v) is 3.54. The lowest BCUT2D eigenvalue weighted by molar-refractivity contribution is 0.414. The minimum Gasteiger partial charge on any atom is -0.497 e. The summed E-state index contributed by atoms with van der Waals surface area (Å²) in [5.41, 5.74) is 2.62. The molecule has 0 spiro atoms. The number of methoxy groups -OCH3 is 1. The number of ether oxygens (including phenoxy) is 1. The zero-order valence-corrected chi connectivity index (χ0v) is 11.3. The van der Waals surface area contributed by atoms with Gasteiger partial charge in [-0.05, 0) is 36.1 Å². The molecule has 0 unspecified atom stereocenters. The van der Waals surface area contributed by atoms with Gasteiger partial charge in [0, 0.05) is 0 Å². The molecule has 0 saturated carbocycles. The van der Waals surface area contributed by atoms with E-state index < -0.39 is 0 Å². The molecule has 0 fully saturated rings. The average Bonchev–Trinajstić information content (AvgIpc) is 2.81. The van der Waals surface area contributed by atoms with Crippen LogP contribution in [-0.4, -0.2) is 17.1 Å². The fourth-order valence-electron chi connectivity index (χ4n) is 2.46. The van der Waals surface area contributed by atoms with Crippen molar-refractivity contribution in [3.05, 3.63) is 46.9 Å². The van der Waals surface area contributed by atoms with Gasteiger partial charge in [-0.15, -0.1) is 0 Å². The number of nitrogens with one attached hydrogen (secondary N) is 1. The molecule has 1 aliphatic carbocycles. The second kappa shape index (κ2) is 5.05. The Morgan fingerprint density at radius 1 is 1.37 bits per heavy atom. The van der Waals surface area contributed by atoms with Crippen LogP contribution in [0.4, 0.5) is 5.82 Å². The van der Waals surface area contributed by atoms with Crippen molar-refractivity contribution >= 4 is 17.4 Å². The summed E-state index contributed by atoms with van der Waals surface area (Å²) in [4.78, 5) is 8.24. The normalized spacial score (nSPS) is 17.1. The summed E-state index contributed by atoms with van der Waals surface area (Å²) < 4.78 is 5.25. The Balaban J connectivity index is 1.83. The first-order valence-corrected chi connectivity index (χ1v) is 6.55. The highest BCUT2D eigenvalue weighted by Gasteiger charge is 2.23. The van der Waals surface area contributed by atoms with E-state index in [-0.39, 0.29) is 6.04 Å². The van der Waals surface area contributed by atoms with E-state index >= 15 is 0 Å². The van der Waals surface area contributed by atoms with Crippen LogP contribution < -0.4 is 10.1 Å². The van der Waals surface area contributed by atoms with Gasteiger partial charge in [0.15, 0.2) is 0 Å². The lowest BCUT2D eigenvalue weighted by atomic mass is 10.1. The first kappa shape index (κ1) is 12.2. The van der Waals surface area contributed by atoms with Crippen LogP contribution in [0.3, 0.4) is 0 Å². The van der Waals surface area contributed by atoms with E-state index in [9.17, 15) is 0 Å². The fraction of sp³-hybridized carbons (Fsp3) is 0.286. The molecule has 0 bridgehead atoms. The molecule has 0 aliphatic heterocycles. The van der Waals surface area contributed by atoms with Crippen molar-refractivity contribution in [3.8, 4) is 5.75 Å². The number of benzene rings is 1. The van der Waals surface area contributed by atoms with E-state index in [2.05, 4.69) is 27.4 Å². The molecule has 1 aromatic carbocycles. The molecule has 0 saturated heterocycles. The second-order valence-electron chi connectivity index (χ2n) is 4.53. The molecule has 0 radical (unpaired) electrons. The van der Waals surface area contributed by atoms with E-state index in [0.29, 0.717) is 11.0 Å². The number of nitrogens with zero attached hydrogens (tertiary/aromatic N) is 2. The van der Waals surface area contributed by atoms with Gasteiger partial charge in [-0.1, -0.05) is 17.7 Å². The van der Waals surface area contributed by atoms with Crippen LogP contribution in [0.15, 0.2) is 30.6 Å². The van der Waals surface area contributed by atoms with Crippen LogP contribution in [0.25, 0.3) is 0 Å². The molecule has 4 nitrogen and oxygen atoms in total. The monoisotopic (exact) mass is 275 g/mol. The summed E-state index contributed by atoms with van der Waals surface area (Å²) in [5.74, 6) is 1.61. The first-order chi connectivity index (χ1) is 9.26. The maximum atomic E-state index is 5.84. The Labute approximate surface area is 116 Å². The van der Waals surface area contributed by atoms with Crippen LogP contribution in [0.2, 0.25) is 5.15 Å². The molecular weight excluding hydrogens is 262 g/mol. The van der Waals surface area contributed by atoms with Gasteiger partial charge in [-0.25, -0.2) is 4.98 Å². The van der Waals surface area contributed by atoms with Crippen molar-refractivity contribution in [1.82, 2.24) is 9.97 Å². The van der Waals surface area contributed by atoms with Crippen molar-refractivity contribution < 1.29 is 4.74 Å². The van der Waals surface area contributed by atoms with Crippen molar-refractivity contribution in [3.63, 3.8) is 0 Å². The molecule has 3 rings (SSSR count). The molecule has 1 heterocycles. The predicted molar refractivity (Wildman–Crippen MR) is 74.7 cm³/mol. The quantitative estimate of drug-likeness (QED) is 0.934. The summed E-state index contributed by atoms with van der Waals surface area (Å²) >= 11 is 5.84. The summed E-state index contributed by atoms with van der Waals surface area (Å²) in [6, 6.07) is 6.45. The topological polar surface area (TPSA) is 47.0 Å². The van der Waals surface area contributed by atoms with Gasteiger partial charge in [-0.2, -0.15) is 0 Å². The molecule has 1 aromatic heterocycles. The number of aromatic nitrogens is 2. The average molecular weight is 276 g/mol. The van der Waals surface area contributed by atoms with Crippen LogP contribution >= 0.6 is 11.6 Å². The molecule has 0 amide bonds. The van der Waals surface area contributed by atoms with Crippen molar-refractivity contribution in [2.75, 3.05) is 12.4 Å². The highest BCUT2D eigenvalue weighted by molar-refractivity contribution is 6.29. The molecule has 1 atom stereocenters. The minimum absolute atomic E-state index is 0.258. The fourth-order valence-corrected chi connectivity index (χ4v) is 2.61. The van der Waals surface area contributed by atoms with Gasteiger partial charge >= 0.3 is 0 Å². The van der Waals surface area contributed by atoms with Gasteiger partial charge in [0.2, 0.25) is 0 Å². The first-order valence-electron chi connectivity index (χ1n) is 6.17. The molecular formula is C14H14ClN3O. The molecule has 5 heteroatoms. The van der Waals surface area contributed by atoms with Crippen LogP contribution in [0, 0.1) is 0 Å². The number of rotatable bonds is 3. The third-order valence-electron chi connectivity index (χ3n) is 3.36. The SMILES string of the molecule is COc1ccc2c(c1)CC[C@H]2Nc1cncc(Cl)n1. The zero-order chi connectivity index (χ0) is 13.2. The highest BCUT2D eigenvalue weighted by Crippen LogP contribution is 2.35. The number of hydrogen-bond donors (Lipinski definition) is 1. The van der Waals surface area contributed by atoms with Crippen LogP contribution in [0.1, 0.15) is 23.6 Å². The number of aryl methyl sites for hydroxylation is 1. The van der Waals surface area contributed by atoms with Crippen molar-refractivity contribution in [2.45, 2.75) is 18.9 Å². The largest absolute Gasteiger partial charge is 0.497 e. The maximum Gasteiger partial charge on any atom is 0.149 e. The van der Waals surface area contributed by atoms with E-state index in [4.69, 9.17) is 16.3 Å². The minimum atomic E-state index is 0.258. The number of fused-ring (bicyclic) bond motifs is 1. The number of hydrogen-bond acceptors (Lipinski definition) is 4. The summed E-state index contributed by atoms with van der Waals surface area (Å²) in [6.07, 6.45) is 5.29.